The van der Waals surface area contributed by atoms with Crippen LogP contribution < -0.4 is 5.32 Å². The van der Waals surface area contributed by atoms with E-state index in [2.05, 4.69) is 5.32 Å². The average Bonchev–Trinajstić information content (AvgIpc) is 2.47. The third kappa shape index (κ3) is 4.33. The van der Waals surface area contributed by atoms with Crippen molar-refractivity contribution in [3.05, 3.63) is 69.7 Å². The van der Waals surface area contributed by atoms with Crippen molar-refractivity contribution < 1.29 is 9.90 Å². The van der Waals surface area contributed by atoms with Crippen molar-refractivity contribution in [2.24, 2.45) is 0 Å². The lowest BCUT2D eigenvalue weighted by Crippen LogP contribution is -2.07. The zero-order valence-electron chi connectivity index (χ0n) is 11.0. The van der Waals surface area contributed by atoms with E-state index >= 15 is 0 Å². The third-order valence-corrected chi connectivity index (χ3v) is 3.44. The number of rotatable bonds is 4. The second-order valence-corrected chi connectivity index (χ2v) is 5.13. The molecule has 0 aliphatic carbocycles. The molecule has 2 rings (SSSR count). The molecule has 2 aromatic carbocycles. The molecule has 0 aliphatic heterocycles. The molecule has 0 fully saturated rings. The van der Waals surface area contributed by atoms with E-state index in [4.69, 9.17) is 28.3 Å². The van der Waals surface area contributed by atoms with E-state index in [-0.39, 0.29) is 12.5 Å². The molecule has 0 aliphatic rings. The molecule has 108 valence electrons. The third-order valence-electron chi connectivity index (χ3n) is 2.78. The van der Waals surface area contributed by atoms with Crippen LogP contribution in [-0.4, -0.2) is 11.0 Å². The van der Waals surface area contributed by atoms with Crippen molar-refractivity contribution in [1.29, 1.82) is 0 Å². The smallest absolute Gasteiger partial charge is 0.248 e. The summed E-state index contributed by atoms with van der Waals surface area (Å²) in [7, 11) is 0. The van der Waals surface area contributed by atoms with Crippen molar-refractivity contribution in [3.63, 3.8) is 0 Å². The molecular formula is C16H13Cl2NO2. The van der Waals surface area contributed by atoms with Gasteiger partial charge >= 0.3 is 0 Å². The van der Waals surface area contributed by atoms with Gasteiger partial charge in [-0.05, 0) is 35.9 Å². The molecule has 3 nitrogen and oxygen atoms in total. The number of carbonyl (C=O) groups excluding carboxylic acids is 1. The first kappa shape index (κ1) is 15.6. The number of hydrogen-bond acceptors (Lipinski definition) is 2. The lowest BCUT2D eigenvalue weighted by atomic mass is 10.2. The van der Waals surface area contributed by atoms with Crippen molar-refractivity contribution in [3.8, 4) is 0 Å². The lowest BCUT2D eigenvalue weighted by Gasteiger charge is -2.04. The Balaban J connectivity index is 2.09. The molecule has 0 saturated carbocycles. The second-order valence-electron chi connectivity index (χ2n) is 4.32. The van der Waals surface area contributed by atoms with Crippen molar-refractivity contribution in [1.82, 2.24) is 0 Å². The van der Waals surface area contributed by atoms with Gasteiger partial charge in [0.15, 0.2) is 0 Å². The molecule has 0 saturated heterocycles. The molecule has 1 amide bonds. The molecule has 0 spiro atoms. The Morgan fingerprint density at radius 1 is 1.14 bits per heavy atom. The number of hydrogen-bond donors (Lipinski definition) is 2. The minimum Gasteiger partial charge on any atom is -0.392 e. The van der Waals surface area contributed by atoms with Crippen molar-refractivity contribution >= 4 is 40.9 Å². The van der Waals surface area contributed by atoms with Gasteiger partial charge < -0.3 is 10.4 Å². The number of amides is 1. The fraction of sp³-hybridized carbons (Fsp3) is 0.0625. The van der Waals surface area contributed by atoms with Crippen LogP contribution in [0.25, 0.3) is 6.08 Å². The van der Waals surface area contributed by atoms with Gasteiger partial charge in [0.2, 0.25) is 5.91 Å². The van der Waals surface area contributed by atoms with Gasteiger partial charge in [-0.25, -0.2) is 0 Å². The highest BCUT2D eigenvalue weighted by Gasteiger charge is 2.03. The Kier molecular flexibility index (Phi) is 5.39. The van der Waals surface area contributed by atoms with Crippen LogP contribution in [-0.2, 0) is 11.4 Å². The van der Waals surface area contributed by atoms with Gasteiger partial charge in [0.25, 0.3) is 0 Å². The number of nitrogens with one attached hydrogen (secondary N) is 1. The van der Waals surface area contributed by atoms with Crippen LogP contribution in [0.4, 0.5) is 5.69 Å². The van der Waals surface area contributed by atoms with Gasteiger partial charge in [-0.3, -0.25) is 4.79 Å². The molecule has 0 unspecified atom stereocenters. The summed E-state index contributed by atoms with van der Waals surface area (Å²) >= 11 is 12.0. The highest BCUT2D eigenvalue weighted by molar-refractivity contribution is 6.37. The van der Waals surface area contributed by atoms with Crippen LogP contribution >= 0.6 is 23.2 Å². The summed E-state index contributed by atoms with van der Waals surface area (Å²) in [4.78, 5) is 11.9. The molecule has 0 bridgehead atoms. The minimum atomic E-state index is -0.305. The van der Waals surface area contributed by atoms with E-state index < -0.39 is 0 Å². The summed E-state index contributed by atoms with van der Waals surface area (Å²) in [5.41, 5.74) is 1.94. The Bertz CT molecular complexity index is 663. The van der Waals surface area contributed by atoms with E-state index in [9.17, 15) is 4.79 Å². The van der Waals surface area contributed by atoms with E-state index in [1.54, 1.807) is 48.5 Å². The maximum absolute atomic E-state index is 11.9. The standard InChI is InChI=1S/C16H13Cl2NO2/c17-14-5-2-6-15(18)13(14)7-8-16(21)19-12-4-1-3-11(9-12)10-20/h1-9,20H,10H2,(H,19,21)/b8-7+. The lowest BCUT2D eigenvalue weighted by molar-refractivity contribution is -0.111. The molecule has 2 aromatic rings. The van der Waals surface area contributed by atoms with Gasteiger partial charge in [0.1, 0.15) is 0 Å². The minimum absolute atomic E-state index is 0.0746. The van der Waals surface area contributed by atoms with Crippen molar-refractivity contribution in [2.75, 3.05) is 5.32 Å². The van der Waals surface area contributed by atoms with Crippen LogP contribution in [0.2, 0.25) is 10.0 Å². The normalized spacial score (nSPS) is 10.8. The number of aliphatic hydroxyl groups is 1. The predicted octanol–water partition coefficient (Wildman–Crippen LogP) is 4.14. The summed E-state index contributed by atoms with van der Waals surface area (Å²) in [6.45, 7) is -0.0746. The van der Waals surface area contributed by atoms with E-state index in [1.807, 2.05) is 0 Å². The molecule has 2 N–H and O–H groups in total. The van der Waals surface area contributed by atoms with Gasteiger partial charge in [-0.15, -0.1) is 0 Å². The van der Waals surface area contributed by atoms with Crippen LogP contribution in [0.15, 0.2) is 48.5 Å². The molecule has 0 radical (unpaired) electrons. The quantitative estimate of drug-likeness (QED) is 0.831. The van der Waals surface area contributed by atoms with Crippen LogP contribution in [0.1, 0.15) is 11.1 Å². The Morgan fingerprint density at radius 2 is 1.81 bits per heavy atom. The molecule has 0 aromatic heterocycles. The number of benzene rings is 2. The van der Waals surface area contributed by atoms with Crippen molar-refractivity contribution in [2.45, 2.75) is 6.61 Å². The molecular weight excluding hydrogens is 309 g/mol. The number of aliphatic hydroxyl groups excluding tert-OH is 1. The van der Waals surface area contributed by atoms with Gasteiger partial charge in [0, 0.05) is 27.4 Å². The zero-order valence-corrected chi connectivity index (χ0v) is 12.5. The van der Waals surface area contributed by atoms with E-state index in [1.165, 1.54) is 6.08 Å². The SMILES string of the molecule is O=C(/C=C/c1c(Cl)cccc1Cl)Nc1cccc(CO)c1. The van der Waals surface area contributed by atoms with Gasteiger partial charge in [0.05, 0.1) is 6.61 Å². The highest BCUT2D eigenvalue weighted by Crippen LogP contribution is 2.25. The summed E-state index contributed by atoms with van der Waals surface area (Å²) in [6.07, 6.45) is 2.93. The highest BCUT2D eigenvalue weighted by atomic mass is 35.5. The summed E-state index contributed by atoms with van der Waals surface area (Å²) < 4.78 is 0. The largest absolute Gasteiger partial charge is 0.392 e. The summed E-state index contributed by atoms with van der Waals surface area (Å²) in [6, 6.07) is 12.1. The van der Waals surface area contributed by atoms with Gasteiger partial charge in [-0.1, -0.05) is 41.4 Å². The number of anilines is 1. The Hall–Kier alpha value is -1.81. The summed E-state index contributed by atoms with van der Waals surface area (Å²) in [5, 5.41) is 12.7. The van der Waals surface area contributed by atoms with Gasteiger partial charge in [-0.2, -0.15) is 0 Å². The Labute approximate surface area is 132 Å². The maximum atomic E-state index is 11.9. The van der Waals surface area contributed by atoms with E-state index in [0.29, 0.717) is 21.3 Å². The fourth-order valence-corrected chi connectivity index (χ4v) is 2.28. The Morgan fingerprint density at radius 3 is 2.48 bits per heavy atom. The molecule has 0 heterocycles. The van der Waals surface area contributed by atoms with E-state index in [0.717, 1.165) is 5.56 Å². The average molecular weight is 322 g/mol. The predicted molar refractivity (Wildman–Crippen MR) is 86.5 cm³/mol. The molecule has 5 heteroatoms. The topological polar surface area (TPSA) is 49.3 Å². The van der Waals surface area contributed by atoms with Crippen LogP contribution in [0.3, 0.4) is 0 Å². The molecule has 21 heavy (non-hydrogen) atoms. The summed E-state index contributed by atoms with van der Waals surface area (Å²) in [5.74, 6) is -0.305. The van der Waals surface area contributed by atoms with Crippen LogP contribution in [0.5, 0.6) is 0 Å². The zero-order chi connectivity index (χ0) is 15.2. The van der Waals surface area contributed by atoms with Crippen LogP contribution in [0, 0.1) is 0 Å². The first-order valence-electron chi connectivity index (χ1n) is 6.23. The fourth-order valence-electron chi connectivity index (χ4n) is 1.76. The monoisotopic (exact) mass is 321 g/mol. The maximum Gasteiger partial charge on any atom is 0.248 e. The first-order valence-corrected chi connectivity index (χ1v) is 6.98. The molecule has 0 atom stereocenters. The number of carbonyl (C=O) groups is 1. The second kappa shape index (κ2) is 7.27. The first-order chi connectivity index (χ1) is 10.1. The number of halogens is 2.